The zero-order valence-electron chi connectivity index (χ0n) is 19.3. The number of piperazine rings is 1. The number of amides is 2. The van der Waals surface area contributed by atoms with Gasteiger partial charge in [0.05, 0.1) is 11.3 Å². The topological polar surface area (TPSA) is 93.7 Å². The minimum atomic E-state index is -0.187. The Labute approximate surface area is 189 Å². The van der Waals surface area contributed by atoms with Gasteiger partial charge >= 0.3 is 0 Å². The molecule has 2 N–H and O–H groups in total. The van der Waals surface area contributed by atoms with Gasteiger partial charge in [-0.1, -0.05) is 0 Å². The van der Waals surface area contributed by atoms with E-state index in [9.17, 15) is 9.59 Å². The summed E-state index contributed by atoms with van der Waals surface area (Å²) in [6.07, 6.45) is 3.26. The maximum Gasteiger partial charge on any atom is 0.272 e. The van der Waals surface area contributed by atoms with E-state index in [0.717, 1.165) is 18.1 Å². The maximum atomic E-state index is 12.9. The van der Waals surface area contributed by atoms with E-state index in [4.69, 9.17) is 0 Å². The second-order valence-electron chi connectivity index (χ2n) is 8.44. The summed E-state index contributed by atoms with van der Waals surface area (Å²) in [6.45, 7) is 8.08. The van der Waals surface area contributed by atoms with E-state index in [1.807, 2.05) is 31.1 Å². The van der Waals surface area contributed by atoms with Gasteiger partial charge in [0, 0.05) is 57.7 Å². The molecule has 0 aromatic carbocycles. The normalized spacial score (nSPS) is 14.1. The van der Waals surface area contributed by atoms with Crippen LogP contribution in [-0.4, -0.2) is 91.0 Å². The van der Waals surface area contributed by atoms with Crippen LogP contribution < -0.4 is 15.5 Å². The molecule has 172 valence electrons. The highest BCUT2D eigenvalue weighted by molar-refractivity contribution is 5.96. The van der Waals surface area contributed by atoms with Crippen molar-refractivity contribution in [2.75, 3.05) is 63.6 Å². The fourth-order valence-electron chi connectivity index (χ4n) is 3.51. The summed E-state index contributed by atoms with van der Waals surface area (Å²) in [5.41, 5.74) is 1.80. The van der Waals surface area contributed by atoms with Crippen LogP contribution >= 0.6 is 0 Å². The van der Waals surface area contributed by atoms with Gasteiger partial charge in [0.1, 0.15) is 5.69 Å². The zero-order valence-corrected chi connectivity index (χ0v) is 19.3. The highest BCUT2D eigenvalue weighted by Crippen LogP contribution is 2.24. The molecule has 1 aliphatic rings. The van der Waals surface area contributed by atoms with Crippen LogP contribution in [0.15, 0.2) is 36.7 Å². The summed E-state index contributed by atoms with van der Waals surface area (Å²) in [7, 11) is 3.90. The predicted molar refractivity (Wildman–Crippen MR) is 126 cm³/mol. The van der Waals surface area contributed by atoms with E-state index >= 15 is 0 Å². The van der Waals surface area contributed by atoms with E-state index in [1.54, 1.807) is 23.2 Å². The quantitative estimate of drug-likeness (QED) is 0.645. The lowest BCUT2D eigenvalue weighted by molar-refractivity contribution is 0.0740. The summed E-state index contributed by atoms with van der Waals surface area (Å²) < 4.78 is 0. The Morgan fingerprint density at radius 3 is 2.47 bits per heavy atom. The number of nitrogens with one attached hydrogen (secondary N) is 2. The number of nitrogens with zero attached hydrogens (tertiary/aromatic N) is 5. The number of anilines is 2. The lowest BCUT2D eigenvalue weighted by Gasteiger charge is -2.36. The van der Waals surface area contributed by atoms with Gasteiger partial charge in [-0.05, 0) is 52.2 Å². The highest BCUT2D eigenvalue weighted by atomic mass is 16.2. The van der Waals surface area contributed by atoms with Crippen LogP contribution in [0.4, 0.5) is 11.5 Å². The SMILES string of the molecule is CC(C)Nc1cccnc1N1CCN(C(=O)c2ccc(C(=O)NCCN(C)C)cn2)CC1. The summed E-state index contributed by atoms with van der Waals surface area (Å²) in [6, 6.07) is 7.54. The summed E-state index contributed by atoms with van der Waals surface area (Å²) in [5, 5.41) is 6.28. The second-order valence-corrected chi connectivity index (χ2v) is 8.44. The molecule has 0 aliphatic carbocycles. The number of hydrogen-bond acceptors (Lipinski definition) is 7. The van der Waals surface area contributed by atoms with Gasteiger partial charge in [-0.25, -0.2) is 4.98 Å². The summed E-state index contributed by atoms with van der Waals surface area (Å²) in [5.74, 6) is 0.606. The van der Waals surface area contributed by atoms with Gasteiger partial charge in [-0.15, -0.1) is 0 Å². The van der Waals surface area contributed by atoms with Crippen molar-refractivity contribution >= 4 is 23.3 Å². The number of carbonyl (C=O) groups excluding carboxylic acids is 2. The standard InChI is InChI=1S/C23H33N7O2/c1-17(2)27-19-6-5-9-24-21(19)29-12-14-30(15-13-29)23(32)20-8-7-18(16-26-20)22(31)25-10-11-28(3)4/h5-9,16-17,27H,10-15H2,1-4H3,(H,25,31). The molecule has 1 aliphatic heterocycles. The molecular formula is C23H33N7O2. The van der Waals surface area contributed by atoms with E-state index in [2.05, 4.69) is 39.3 Å². The van der Waals surface area contributed by atoms with Crippen molar-refractivity contribution in [2.45, 2.75) is 19.9 Å². The molecule has 9 nitrogen and oxygen atoms in total. The Bertz CT molecular complexity index is 907. The number of carbonyl (C=O) groups is 2. The molecule has 0 saturated carbocycles. The predicted octanol–water partition coefficient (Wildman–Crippen LogP) is 1.55. The molecule has 1 fully saturated rings. The van der Waals surface area contributed by atoms with Gasteiger partial charge in [0.15, 0.2) is 5.82 Å². The first-order chi connectivity index (χ1) is 15.3. The molecule has 3 heterocycles. The number of hydrogen-bond donors (Lipinski definition) is 2. The minimum absolute atomic E-state index is 0.120. The highest BCUT2D eigenvalue weighted by Gasteiger charge is 2.25. The Morgan fingerprint density at radius 1 is 1.09 bits per heavy atom. The van der Waals surface area contributed by atoms with Crippen LogP contribution in [0.1, 0.15) is 34.7 Å². The number of aromatic nitrogens is 2. The minimum Gasteiger partial charge on any atom is -0.380 e. The third-order valence-corrected chi connectivity index (χ3v) is 5.19. The van der Waals surface area contributed by atoms with E-state index < -0.39 is 0 Å². The van der Waals surface area contributed by atoms with Crippen LogP contribution in [0.2, 0.25) is 0 Å². The maximum absolute atomic E-state index is 12.9. The molecule has 0 spiro atoms. The average Bonchev–Trinajstić information content (AvgIpc) is 2.78. The van der Waals surface area contributed by atoms with Crippen LogP contribution in [-0.2, 0) is 0 Å². The molecule has 0 radical (unpaired) electrons. The van der Waals surface area contributed by atoms with Crippen molar-refractivity contribution in [1.82, 2.24) is 25.1 Å². The van der Waals surface area contributed by atoms with Crippen molar-refractivity contribution in [2.24, 2.45) is 0 Å². The average molecular weight is 440 g/mol. The first-order valence-electron chi connectivity index (χ1n) is 11.0. The molecule has 3 rings (SSSR count). The van der Waals surface area contributed by atoms with E-state index in [1.165, 1.54) is 6.20 Å². The van der Waals surface area contributed by atoms with Gasteiger partial charge in [-0.2, -0.15) is 0 Å². The molecule has 0 bridgehead atoms. The molecule has 9 heteroatoms. The van der Waals surface area contributed by atoms with Gasteiger partial charge in [0.2, 0.25) is 0 Å². The monoisotopic (exact) mass is 439 g/mol. The number of likely N-dealkylation sites (N-methyl/N-ethyl adjacent to an activating group) is 1. The molecule has 32 heavy (non-hydrogen) atoms. The van der Waals surface area contributed by atoms with Crippen LogP contribution in [0, 0.1) is 0 Å². The van der Waals surface area contributed by atoms with Gasteiger partial charge < -0.3 is 25.3 Å². The fraction of sp³-hybridized carbons (Fsp3) is 0.478. The molecule has 1 saturated heterocycles. The number of rotatable bonds is 8. The fourth-order valence-corrected chi connectivity index (χ4v) is 3.51. The first-order valence-corrected chi connectivity index (χ1v) is 11.0. The summed E-state index contributed by atoms with van der Waals surface area (Å²) >= 11 is 0. The van der Waals surface area contributed by atoms with Crippen molar-refractivity contribution in [3.63, 3.8) is 0 Å². The second kappa shape index (κ2) is 10.9. The van der Waals surface area contributed by atoms with Crippen molar-refractivity contribution in [1.29, 1.82) is 0 Å². The molecule has 0 atom stereocenters. The molecular weight excluding hydrogens is 406 g/mol. The molecule has 2 aromatic rings. The van der Waals surface area contributed by atoms with Gasteiger partial charge in [0.25, 0.3) is 11.8 Å². The molecule has 2 aromatic heterocycles. The van der Waals surface area contributed by atoms with Crippen LogP contribution in [0.5, 0.6) is 0 Å². The molecule has 0 unspecified atom stereocenters. The first kappa shape index (κ1) is 23.5. The van der Waals surface area contributed by atoms with E-state index in [-0.39, 0.29) is 11.8 Å². The van der Waals surface area contributed by atoms with Crippen molar-refractivity contribution in [3.05, 3.63) is 47.9 Å². The zero-order chi connectivity index (χ0) is 23.1. The Hall–Kier alpha value is -3.20. The summed E-state index contributed by atoms with van der Waals surface area (Å²) in [4.78, 5) is 39.9. The van der Waals surface area contributed by atoms with Crippen LogP contribution in [0.25, 0.3) is 0 Å². The van der Waals surface area contributed by atoms with Crippen LogP contribution in [0.3, 0.4) is 0 Å². The molecule has 2 amide bonds. The smallest absolute Gasteiger partial charge is 0.272 e. The third kappa shape index (κ3) is 6.16. The van der Waals surface area contributed by atoms with Crippen molar-refractivity contribution in [3.8, 4) is 0 Å². The Kier molecular flexibility index (Phi) is 7.99. The van der Waals surface area contributed by atoms with Crippen molar-refractivity contribution < 1.29 is 9.59 Å². The number of pyridine rings is 2. The lowest BCUT2D eigenvalue weighted by Crippen LogP contribution is -2.49. The Balaban J connectivity index is 1.56. The largest absolute Gasteiger partial charge is 0.380 e. The Morgan fingerprint density at radius 2 is 1.84 bits per heavy atom. The van der Waals surface area contributed by atoms with Gasteiger partial charge in [-0.3, -0.25) is 14.6 Å². The third-order valence-electron chi connectivity index (χ3n) is 5.19. The van der Waals surface area contributed by atoms with E-state index in [0.29, 0.717) is 50.0 Å². The lowest BCUT2D eigenvalue weighted by atomic mass is 10.2.